The van der Waals surface area contributed by atoms with Gasteiger partial charge in [-0.1, -0.05) is 17.7 Å². The molecule has 1 aromatic heterocycles. The maximum Gasteiger partial charge on any atom is 0.345 e. The van der Waals surface area contributed by atoms with Gasteiger partial charge in [-0.2, -0.15) is 9.40 Å². The molecule has 0 saturated carbocycles. The van der Waals surface area contributed by atoms with Crippen molar-refractivity contribution in [1.29, 1.82) is 0 Å². The van der Waals surface area contributed by atoms with E-state index in [-0.39, 0.29) is 16.5 Å². The molecule has 0 N–H and O–H groups in total. The van der Waals surface area contributed by atoms with Crippen LogP contribution in [0.25, 0.3) is 0 Å². The van der Waals surface area contributed by atoms with Gasteiger partial charge in [-0.05, 0) is 38.0 Å². The molecule has 0 atom stereocenters. The van der Waals surface area contributed by atoms with Gasteiger partial charge in [0.15, 0.2) is 0 Å². The molecule has 2 heterocycles. The molecule has 0 amide bonds. The summed E-state index contributed by atoms with van der Waals surface area (Å²) in [6.07, 6.45) is 1.27. The number of aromatic nitrogens is 3. The molecular formula is C16H21ClN4O3S. The van der Waals surface area contributed by atoms with Gasteiger partial charge in [0, 0.05) is 37.6 Å². The van der Waals surface area contributed by atoms with Crippen LogP contribution in [-0.2, 0) is 23.6 Å². The van der Waals surface area contributed by atoms with Crippen molar-refractivity contribution in [3.8, 4) is 0 Å². The van der Waals surface area contributed by atoms with Crippen LogP contribution in [0.3, 0.4) is 0 Å². The molecule has 9 heteroatoms. The van der Waals surface area contributed by atoms with E-state index in [2.05, 4.69) is 5.10 Å². The second-order valence-electron chi connectivity index (χ2n) is 6.14. The Morgan fingerprint density at radius 1 is 1.28 bits per heavy atom. The normalized spacial score (nSPS) is 17.1. The van der Waals surface area contributed by atoms with E-state index in [1.54, 1.807) is 29.8 Å². The van der Waals surface area contributed by atoms with Gasteiger partial charge in [0.05, 0.1) is 4.90 Å². The molecule has 1 aliphatic heterocycles. The molecule has 1 aliphatic rings. The summed E-state index contributed by atoms with van der Waals surface area (Å²) in [5, 5.41) is 4.74. The van der Waals surface area contributed by atoms with Crippen molar-refractivity contribution in [2.24, 2.45) is 7.05 Å². The first-order chi connectivity index (χ1) is 11.8. The quantitative estimate of drug-likeness (QED) is 0.805. The molecule has 0 aliphatic carbocycles. The Labute approximate surface area is 151 Å². The third-order valence-corrected chi connectivity index (χ3v) is 6.74. The molecular weight excluding hydrogens is 364 g/mol. The molecule has 0 spiro atoms. The summed E-state index contributed by atoms with van der Waals surface area (Å²) in [4.78, 5) is 12.3. The number of sulfonamides is 1. The fourth-order valence-electron chi connectivity index (χ4n) is 3.25. The van der Waals surface area contributed by atoms with Gasteiger partial charge in [0.1, 0.15) is 5.82 Å². The standard InChI is InChI=1S/C16H21ClN4O3S/c1-3-21-15(18-19(2)16(21)22)12-7-9-20(10-8-12)25(23,24)14-6-4-5-13(17)11-14/h4-6,11-12H,3,7-10H2,1-2H3. The molecule has 25 heavy (non-hydrogen) atoms. The highest BCUT2D eigenvalue weighted by atomic mass is 35.5. The fraction of sp³-hybridized carbons (Fsp3) is 0.500. The number of hydrogen-bond donors (Lipinski definition) is 0. The van der Waals surface area contributed by atoms with E-state index in [1.165, 1.54) is 15.1 Å². The second-order valence-corrected chi connectivity index (χ2v) is 8.52. The Bertz CT molecular complexity index is 927. The number of aryl methyl sites for hydroxylation is 1. The molecule has 7 nitrogen and oxygen atoms in total. The van der Waals surface area contributed by atoms with E-state index >= 15 is 0 Å². The third kappa shape index (κ3) is 3.38. The smallest absolute Gasteiger partial charge is 0.279 e. The van der Waals surface area contributed by atoms with Crippen LogP contribution in [-0.4, -0.2) is 40.2 Å². The highest BCUT2D eigenvalue weighted by Gasteiger charge is 2.32. The Kier molecular flexibility index (Phi) is 5.04. The lowest BCUT2D eigenvalue weighted by atomic mass is 9.97. The molecule has 0 bridgehead atoms. The van der Waals surface area contributed by atoms with Crippen LogP contribution in [0.5, 0.6) is 0 Å². The summed E-state index contributed by atoms with van der Waals surface area (Å²) in [5.74, 6) is 0.828. The Morgan fingerprint density at radius 2 is 1.96 bits per heavy atom. The number of hydrogen-bond acceptors (Lipinski definition) is 4. The summed E-state index contributed by atoms with van der Waals surface area (Å²) in [7, 11) is -1.92. The minimum atomic E-state index is -3.55. The first-order valence-electron chi connectivity index (χ1n) is 8.24. The van der Waals surface area contributed by atoms with Gasteiger partial charge in [0.2, 0.25) is 10.0 Å². The highest BCUT2D eigenvalue weighted by Crippen LogP contribution is 2.30. The van der Waals surface area contributed by atoms with E-state index in [4.69, 9.17) is 11.6 Å². The summed E-state index contributed by atoms with van der Waals surface area (Å²) >= 11 is 5.92. The largest absolute Gasteiger partial charge is 0.345 e. The monoisotopic (exact) mass is 384 g/mol. The van der Waals surface area contributed by atoms with Crippen LogP contribution in [0, 0.1) is 0 Å². The van der Waals surface area contributed by atoms with Gasteiger partial charge < -0.3 is 0 Å². The minimum absolute atomic E-state index is 0.0830. The Morgan fingerprint density at radius 3 is 2.56 bits per heavy atom. The Balaban J connectivity index is 1.78. The maximum atomic E-state index is 12.8. The molecule has 0 unspecified atom stereocenters. The fourth-order valence-corrected chi connectivity index (χ4v) is 5.02. The average Bonchev–Trinajstić information content (AvgIpc) is 2.89. The third-order valence-electron chi connectivity index (χ3n) is 4.61. The number of halogens is 1. The van der Waals surface area contributed by atoms with Crippen molar-refractivity contribution >= 4 is 21.6 Å². The van der Waals surface area contributed by atoms with Gasteiger partial charge in [-0.3, -0.25) is 4.57 Å². The Hall–Kier alpha value is -1.64. The van der Waals surface area contributed by atoms with Crippen molar-refractivity contribution in [2.75, 3.05) is 13.1 Å². The highest BCUT2D eigenvalue weighted by molar-refractivity contribution is 7.89. The SMILES string of the molecule is CCn1c(C2CCN(S(=O)(=O)c3cccc(Cl)c3)CC2)nn(C)c1=O. The van der Waals surface area contributed by atoms with Gasteiger partial charge >= 0.3 is 5.69 Å². The van der Waals surface area contributed by atoms with Gasteiger partial charge in [0.25, 0.3) is 0 Å². The molecule has 1 aromatic carbocycles. The average molecular weight is 385 g/mol. The minimum Gasteiger partial charge on any atom is -0.279 e. The van der Waals surface area contributed by atoms with E-state index < -0.39 is 10.0 Å². The van der Waals surface area contributed by atoms with Crippen molar-refractivity contribution in [1.82, 2.24) is 18.7 Å². The molecule has 0 radical (unpaired) electrons. The predicted molar refractivity (Wildman–Crippen MR) is 95.3 cm³/mol. The number of benzene rings is 1. The van der Waals surface area contributed by atoms with Crippen molar-refractivity contribution in [3.63, 3.8) is 0 Å². The van der Waals surface area contributed by atoms with Crippen LogP contribution in [0.15, 0.2) is 34.0 Å². The van der Waals surface area contributed by atoms with E-state index in [0.717, 1.165) is 5.82 Å². The summed E-state index contributed by atoms with van der Waals surface area (Å²) in [6.45, 7) is 3.26. The first-order valence-corrected chi connectivity index (χ1v) is 10.1. The zero-order chi connectivity index (χ0) is 18.2. The molecule has 1 fully saturated rings. The molecule has 3 rings (SSSR count). The zero-order valence-electron chi connectivity index (χ0n) is 14.2. The number of piperidine rings is 1. The summed E-state index contributed by atoms with van der Waals surface area (Å²) in [6, 6.07) is 6.31. The van der Waals surface area contributed by atoms with Crippen LogP contribution in [0.2, 0.25) is 5.02 Å². The lowest BCUT2D eigenvalue weighted by Crippen LogP contribution is -2.38. The number of nitrogens with zero attached hydrogens (tertiary/aromatic N) is 4. The van der Waals surface area contributed by atoms with Crippen molar-refractivity contribution < 1.29 is 8.42 Å². The van der Waals surface area contributed by atoms with E-state index in [9.17, 15) is 13.2 Å². The maximum absolute atomic E-state index is 12.8. The molecule has 2 aromatic rings. The zero-order valence-corrected chi connectivity index (χ0v) is 15.8. The molecule has 1 saturated heterocycles. The van der Waals surface area contributed by atoms with Crippen molar-refractivity contribution in [3.05, 3.63) is 45.6 Å². The van der Waals surface area contributed by atoms with Crippen LogP contribution in [0.4, 0.5) is 0 Å². The van der Waals surface area contributed by atoms with Crippen LogP contribution < -0.4 is 5.69 Å². The molecule has 136 valence electrons. The van der Waals surface area contributed by atoms with E-state index in [1.807, 2.05) is 6.92 Å². The van der Waals surface area contributed by atoms with Crippen LogP contribution in [0.1, 0.15) is 31.5 Å². The first kappa shape index (κ1) is 18.2. The lowest BCUT2D eigenvalue weighted by molar-refractivity contribution is 0.309. The van der Waals surface area contributed by atoms with Gasteiger partial charge in [-0.15, -0.1) is 0 Å². The summed E-state index contributed by atoms with van der Waals surface area (Å²) < 4.78 is 30.0. The topological polar surface area (TPSA) is 77.2 Å². The second kappa shape index (κ2) is 6.93. The predicted octanol–water partition coefficient (Wildman–Crippen LogP) is 1.82. The van der Waals surface area contributed by atoms with Gasteiger partial charge in [-0.25, -0.2) is 17.9 Å². The lowest BCUT2D eigenvalue weighted by Gasteiger charge is -2.30. The van der Waals surface area contributed by atoms with Crippen LogP contribution >= 0.6 is 11.6 Å². The van der Waals surface area contributed by atoms with E-state index in [0.29, 0.717) is 37.5 Å². The van der Waals surface area contributed by atoms with Crippen molar-refractivity contribution in [2.45, 2.75) is 37.1 Å². The summed E-state index contributed by atoms with van der Waals surface area (Å²) in [5.41, 5.74) is -0.133. The number of rotatable bonds is 4.